The number of carbonyl (C=O) groups excluding carboxylic acids is 2. The van der Waals surface area contributed by atoms with Gasteiger partial charge in [-0.05, 0) is 35.7 Å². The summed E-state index contributed by atoms with van der Waals surface area (Å²) in [5.41, 5.74) is 4.89. The van der Waals surface area contributed by atoms with Crippen LogP contribution in [0.4, 0.5) is 0 Å². The molecule has 0 spiro atoms. The van der Waals surface area contributed by atoms with Crippen LogP contribution in [0.3, 0.4) is 0 Å². The van der Waals surface area contributed by atoms with Gasteiger partial charge in [0.05, 0.1) is 31.2 Å². The molecule has 11 nitrogen and oxygen atoms in total. The maximum Gasteiger partial charge on any atom is 0.341 e. The van der Waals surface area contributed by atoms with Gasteiger partial charge in [0.25, 0.3) is 11.9 Å². The van der Waals surface area contributed by atoms with Crippen molar-refractivity contribution in [2.24, 2.45) is 0 Å². The summed E-state index contributed by atoms with van der Waals surface area (Å²) in [5.74, 6) is -0.0421. The Kier molecular flexibility index (Phi) is 8.58. The molecule has 0 bridgehead atoms. The van der Waals surface area contributed by atoms with Gasteiger partial charge in [-0.1, -0.05) is 72.8 Å². The van der Waals surface area contributed by atoms with Crippen molar-refractivity contribution in [3.05, 3.63) is 131 Å². The molecule has 226 valence electrons. The average Bonchev–Trinajstić information content (AvgIpc) is 3.73. The summed E-state index contributed by atoms with van der Waals surface area (Å²) in [6, 6.07) is 27.1. The number of ether oxygens (including phenoxy) is 2. The molecular formula is C34H31N7O4. The van der Waals surface area contributed by atoms with E-state index in [-0.39, 0.29) is 36.5 Å². The summed E-state index contributed by atoms with van der Waals surface area (Å²) < 4.78 is 14.5. The summed E-state index contributed by atoms with van der Waals surface area (Å²) in [6.45, 7) is 3.24. The Balaban J connectivity index is 1.26. The molecule has 3 heterocycles. The van der Waals surface area contributed by atoms with E-state index in [0.29, 0.717) is 29.8 Å². The second-order valence-electron chi connectivity index (χ2n) is 10.4. The maximum atomic E-state index is 13.0. The molecule has 0 saturated carbocycles. The van der Waals surface area contributed by atoms with Gasteiger partial charge in [0, 0.05) is 25.4 Å². The van der Waals surface area contributed by atoms with E-state index in [1.807, 2.05) is 89.5 Å². The van der Waals surface area contributed by atoms with Gasteiger partial charge in [0.1, 0.15) is 6.61 Å². The second kappa shape index (κ2) is 13.2. The highest BCUT2D eigenvalue weighted by Crippen LogP contribution is 2.24. The smallest absolute Gasteiger partial charge is 0.341 e. The highest BCUT2D eigenvalue weighted by molar-refractivity contribution is 5.94. The first-order chi connectivity index (χ1) is 22.0. The molecule has 0 N–H and O–H groups in total. The molecule has 3 aromatic carbocycles. The predicted octanol–water partition coefficient (Wildman–Crippen LogP) is 5.09. The SMILES string of the molecule is CCOC(=O)c1cnn(-c2nc(OCc3ccccc3)c3ncn(Cc4ccc(C(=O)N(C)Cc5ccccc5)cc4)c3n2)c1. The molecule has 6 rings (SSSR count). The van der Waals surface area contributed by atoms with Crippen LogP contribution in [0.2, 0.25) is 0 Å². The maximum absolute atomic E-state index is 13.0. The fourth-order valence-corrected chi connectivity index (χ4v) is 4.80. The van der Waals surface area contributed by atoms with Crippen LogP contribution in [0.25, 0.3) is 17.1 Å². The third kappa shape index (κ3) is 6.72. The molecule has 0 aliphatic rings. The lowest BCUT2D eigenvalue weighted by molar-refractivity contribution is 0.0526. The Morgan fingerprint density at radius 3 is 2.27 bits per heavy atom. The van der Waals surface area contributed by atoms with Crippen LogP contribution in [0.5, 0.6) is 5.88 Å². The van der Waals surface area contributed by atoms with Crippen molar-refractivity contribution >= 4 is 23.0 Å². The van der Waals surface area contributed by atoms with Crippen LogP contribution in [0.1, 0.15) is 44.3 Å². The van der Waals surface area contributed by atoms with E-state index in [1.165, 1.54) is 17.1 Å². The molecule has 11 heteroatoms. The molecule has 0 radical (unpaired) electrons. The molecule has 0 aliphatic heterocycles. The lowest BCUT2D eigenvalue weighted by Crippen LogP contribution is -2.26. The minimum absolute atomic E-state index is 0.0579. The van der Waals surface area contributed by atoms with Gasteiger partial charge in [-0.25, -0.2) is 14.5 Å². The Hall–Kier alpha value is -5.84. The Labute approximate surface area is 259 Å². The Morgan fingerprint density at radius 2 is 1.56 bits per heavy atom. The van der Waals surface area contributed by atoms with E-state index < -0.39 is 5.97 Å². The number of aromatic nitrogens is 6. The van der Waals surface area contributed by atoms with Crippen molar-refractivity contribution in [1.29, 1.82) is 0 Å². The summed E-state index contributed by atoms with van der Waals surface area (Å²) in [7, 11) is 1.80. The highest BCUT2D eigenvalue weighted by Gasteiger charge is 2.19. The standard InChI is InChI=1S/C34H31N7O4/c1-3-44-33(43)28-18-36-41(21-28)34-37-30-29(31(38-34)45-22-26-12-8-5-9-13-26)35-23-40(30)20-25-14-16-27(17-15-25)32(42)39(2)19-24-10-6-4-7-11-24/h4-18,21,23H,3,19-20,22H2,1-2H3. The average molecular weight is 602 g/mol. The number of imidazole rings is 1. The minimum Gasteiger partial charge on any atom is -0.471 e. The van der Waals surface area contributed by atoms with E-state index >= 15 is 0 Å². The van der Waals surface area contributed by atoms with Gasteiger partial charge in [-0.15, -0.1) is 0 Å². The van der Waals surface area contributed by atoms with Crippen molar-refractivity contribution in [2.45, 2.75) is 26.6 Å². The summed E-state index contributed by atoms with van der Waals surface area (Å²) in [6.07, 6.45) is 4.61. The molecule has 0 aliphatic carbocycles. The Morgan fingerprint density at radius 1 is 0.844 bits per heavy atom. The van der Waals surface area contributed by atoms with Gasteiger partial charge in [0.2, 0.25) is 5.88 Å². The van der Waals surface area contributed by atoms with Crippen LogP contribution in [-0.4, -0.2) is 59.7 Å². The minimum atomic E-state index is -0.483. The topological polar surface area (TPSA) is 117 Å². The van der Waals surface area contributed by atoms with Crippen LogP contribution in [0.15, 0.2) is 104 Å². The monoisotopic (exact) mass is 601 g/mol. The third-order valence-corrected chi connectivity index (χ3v) is 7.10. The molecule has 0 unspecified atom stereocenters. The number of rotatable bonds is 11. The van der Waals surface area contributed by atoms with Crippen molar-refractivity contribution < 1.29 is 19.1 Å². The third-order valence-electron chi connectivity index (χ3n) is 7.10. The van der Waals surface area contributed by atoms with Gasteiger partial charge >= 0.3 is 5.97 Å². The normalized spacial score (nSPS) is 11.0. The molecular weight excluding hydrogens is 570 g/mol. The molecule has 0 atom stereocenters. The van der Waals surface area contributed by atoms with Gasteiger partial charge in [0.15, 0.2) is 11.2 Å². The zero-order chi connectivity index (χ0) is 31.2. The molecule has 1 amide bonds. The van der Waals surface area contributed by atoms with Gasteiger partial charge < -0.3 is 18.9 Å². The molecule has 45 heavy (non-hydrogen) atoms. The van der Waals surface area contributed by atoms with E-state index in [1.54, 1.807) is 25.2 Å². The van der Waals surface area contributed by atoms with Crippen molar-refractivity contribution in [3.63, 3.8) is 0 Å². The van der Waals surface area contributed by atoms with Crippen LogP contribution >= 0.6 is 0 Å². The predicted molar refractivity (Wildman–Crippen MR) is 167 cm³/mol. The van der Waals surface area contributed by atoms with E-state index in [4.69, 9.17) is 14.5 Å². The molecule has 0 fully saturated rings. The first-order valence-corrected chi connectivity index (χ1v) is 14.5. The number of nitrogens with zero attached hydrogens (tertiary/aromatic N) is 7. The second-order valence-corrected chi connectivity index (χ2v) is 10.4. The number of benzene rings is 3. The van der Waals surface area contributed by atoms with Crippen LogP contribution < -0.4 is 4.74 Å². The number of esters is 1. The zero-order valence-corrected chi connectivity index (χ0v) is 24.9. The van der Waals surface area contributed by atoms with E-state index in [9.17, 15) is 9.59 Å². The van der Waals surface area contributed by atoms with Crippen LogP contribution in [-0.2, 0) is 24.4 Å². The summed E-state index contributed by atoms with van der Waals surface area (Å²) >= 11 is 0. The number of hydrogen-bond acceptors (Lipinski definition) is 8. The van der Waals surface area contributed by atoms with Crippen molar-refractivity contribution in [3.8, 4) is 11.8 Å². The lowest BCUT2D eigenvalue weighted by atomic mass is 10.1. The Bertz CT molecular complexity index is 1920. The fourth-order valence-electron chi connectivity index (χ4n) is 4.80. The lowest BCUT2D eigenvalue weighted by Gasteiger charge is -2.17. The zero-order valence-electron chi connectivity index (χ0n) is 24.9. The number of hydrogen-bond donors (Lipinski definition) is 0. The first kappa shape index (κ1) is 29.2. The molecule has 3 aromatic heterocycles. The fraction of sp³-hybridized carbons (Fsp3) is 0.176. The van der Waals surface area contributed by atoms with E-state index in [2.05, 4.69) is 15.1 Å². The molecule has 6 aromatic rings. The first-order valence-electron chi connectivity index (χ1n) is 14.5. The number of fused-ring (bicyclic) bond motifs is 1. The van der Waals surface area contributed by atoms with Crippen molar-refractivity contribution in [1.82, 2.24) is 34.2 Å². The quantitative estimate of drug-likeness (QED) is 0.189. The summed E-state index contributed by atoms with van der Waals surface area (Å²) in [5, 5.41) is 4.29. The van der Waals surface area contributed by atoms with Crippen molar-refractivity contribution in [2.75, 3.05) is 13.7 Å². The van der Waals surface area contributed by atoms with Crippen LogP contribution in [0, 0.1) is 0 Å². The number of carbonyl (C=O) groups is 2. The van der Waals surface area contributed by atoms with Gasteiger partial charge in [-0.3, -0.25) is 4.79 Å². The highest BCUT2D eigenvalue weighted by atomic mass is 16.5. The largest absolute Gasteiger partial charge is 0.471 e. The number of amides is 1. The molecule has 0 saturated heterocycles. The van der Waals surface area contributed by atoms with Gasteiger partial charge in [-0.2, -0.15) is 15.1 Å². The van der Waals surface area contributed by atoms with E-state index in [0.717, 1.165) is 16.7 Å². The summed E-state index contributed by atoms with van der Waals surface area (Å²) in [4.78, 5) is 40.9.